The topological polar surface area (TPSA) is 57.3 Å². The molecule has 0 atom stereocenters. The van der Waals surface area contributed by atoms with E-state index in [0.717, 1.165) is 29.2 Å². The number of carbonyl (C=O) groups is 1. The van der Waals surface area contributed by atoms with E-state index in [-0.39, 0.29) is 5.91 Å². The summed E-state index contributed by atoms with van der Waals surface area (Å²) in [7, 11) is 4.02. The normalized spacial score (nSPS) is 10.7. The maximum absolute atomic E-state index is 12.1. The van der Waals surface area contributed by atoms with Crippen molar-refractivity contribution in [3.63, 3.8) is 0 Å². The van der Waals surface area contributed by atoms with Crippen molar-refractivity contribution in [1.29, 1.82) is 0 Å². The first kappa shape index (κ1) is 18.2. The van der Waals surface area contributed by atoms with Gasteiger partial charge in [0, 0.05) is 30.0 Å². The van der Waals surface area contributed by atoms with Crippen molar-refractivity contribution in [1.82, 2.24) is 15.2 Å². The van der Waals surface area contributed by atoms with Gasteiger partial charge in [0.25, 0.3) is 5.91 Å². The highest BCUT2D eigenvalue weighted by Crippen LogP contribution is 2.17. The Bertz CT molecular complexity index is 676. The van der Waals surface area contributed by atoms with Gasteiger partial charge >= 0.3 is 0 Å². The molecule has 24 heavy (non-hydrogen) atoms. The molecule has 1 aromatic carbocycles. The summed E-state index contributed by atoms with van der Waals surface area (Å²) in [6.45, 7) is 2.16. The fourth-order valence-corrected chi connectivity index (χ4v) is 2.39. The van der Waals surface area contributed by atoms with Crippen LogP contribution in [-0.2, 0) is 6.54 Å². The van der Waals surface area contributed by atoms with E-state index in [4.69, 9.17) is 11.6 Å². The molecule has 128 valence electrons. The summed E-state index contributed by atoms with van der Waals surface area (Å²) in [5, 5.41) is 6.88. The van der Waals surface area contributed by atoms with Gasteiger partial charge in [0.15, 0.2) is 0 Å². The van der Waals surface area contributed by atoms with E-state index >= 15 is 0 Å². The molecule has 0 aliphatic carbocycles. The highest BCUT2D eigenvalue weighted by molar-refractivity contribution is 6.31. The van der Waals surface area contributed by atoms with Gasteiger partial charge in [-0.1, -0.05) is 29.8 Å². The van der Waals surface area contributed by atoms with E-state index in [1.165, 1.54) is 0 Å². The number of nitrogens with one attached hydrogen (secondary N) is 2. The van der Waals surface area contributed by atoms with Crippen LogP contribution in [0.5, 0.6) is 0 Å². The molecular weight excluding hydrogens is 324 g/mol. The molecule has 0 bridgehead atoms. The number of carbonyl (C=O) groups excluding carboxylic acids is 1. The van der Waals surface area contributed by atoms with Crippen molar-refractivity contribution in [3.8, 4) is 0 Å². The van der Waals surface area contributed by atoms with Crippen LogP contribution in [0.2, 0.25) is 5.02 Å². The number of aromatic nitrogens is 1. The number of anilines is 1. The maximum atomic E-state index is 12.1. The lowest BCUT2D eigenvalue weighted by Crippen LogP contribution is -2.27. The highest BCUT2D eigenvalue weighted by atomic mass is 35.5. The van der Waals surface area contributed by atoms with Gasteiger partial charge in [-0.2, -0.15) is 0 Å². The predicted molar refractivity (Wildman–Crippen MR) is 98.5 cm³/mol. The Balaban J connectivity index is 1.89. The first-order valence-electron chi connectivity index (χ1n) is 7.92. The van der Waals surface area contributed by atoms with Gasteiger partial charge < -0.3 is 15.5 Å². The van der Waals surface area contributed by atoms with Crippen LogP contribution in [0.3, 0.4) is 0 Å². The molecule has 0 saturated carbocycles. The Labute approximate surface area is 148 Å². The zero-order valence-electron chi connectivity index (χ0n) is 14.1. The molecule has 0 radical (unpaired) electrons. The molecule has 2 aromatic rings. The molecule has 1 amide bonds. The minimum atomic E-state index is -0.157. The van der Waals surface area contributed by atoms with Gasteiger partial charge in [-0.15, -0.1) is 0 Å². The first-order valence-corrected chi connectivity index (χ1v) is 8.30. The quantitative estimate of drug-likeness (QED) is 0.721. The van der Waals surface area contributed by atoms with Gasteiger partial charge in [-0.05, 0) is 50.8 Å². The smallest absolute Gasteiger partial charge is 0.269 e. The van der Waals surface area contributed by atoms with Gasteiger partial charge in [0.1, 0.15) is 5.69 Å². The summed E-state index contributed by atoms with van der Waals surface area (Å²) in [6.07, 6.45) is 2.53. The number of hydrogen-bond acceptors (Lipinski definition) is 4. The second kappa shape index (κ2) is 9.25. The second-order valence-corrected chi connectivity index (χ2v) is 6.19. The molecule has 0 unspecified atom stereocenters. The molecule has 2 N–H and O–H groups in total. The summed E-state index contributed by atoms with van der Waals surface area (Å²) in [5.74, 6) is -0.157. The van der Waals surface area contributed by atoms with Crippen LogP contribution < -0.4 is 10.6 Å². The summed E-state index contributed by atoms with van der Waals surface area (Å²) in [4.78, 5) is 18.4. The lowest BCUT2D eigenvalue weighted by atomic mass is 10.2. The second-order valence-electron chi connectivity index (χ2n) is 5.79. The van der Waals surface area contributed by atoms with E-state index in [9.17, 15) is 4.79 Å². The molecule has 2 rings (SSSR count). The van der Waals surface area contributed by atoms with Crippen LogP contribution in [0, 0.1) is 0 Å². The molecule has 6 heteroatoms. The monoisotopic (exact) mass is 346 g/mol. The van der Waals surface area contributed by atoms with Crippen LogP contribution in [0.1, 0.15) is 22.5 Å². The third kappa shape index (κ3) is 5.83. The molecule has 0 spiro atoms. The molecule has 0 fully saturated rings. The van der Waals surface area contributed by atoms with Crippen molar-refractivity contribution in [2.75, 3.05) is 32.5 Å². The number of benzene rings is 1. The van der Waals surface area contributed by atoms with Crippen LogP contribution in [0.15, 0.2) is 42.6 Å². The summed E-state index contributed by atoms with van der Waals surface area (Å²) in [5.41, 5.74) is 2.25. The van der Waals surface area contributed by atoms with Gasteiger partial charge in [-0.25, -0.2) is 0 Å². The van der Waals surface area contributed by atoms with Crippen molar-refractivity contribution in [2.45, 2.75) is 13.0 Å². The Hall–Kier alpha value is -2.11. The van der Waals surface area contributed by atoms with Crippen molar-refractivity contribution < 1.29 is 4.79 Å². The molecule has 1 heterocycles. The van der Waals surface area contributed by atoms with E-state index in [1.54, 1.807) is 12.3 Å². The Morgan fingerprint density at radius 3 is 2.79 bits per heavy atom. The van der Waals surface area contributed by atoms with E-state index in [1.807, 2.05) is 44.4 Å². The minimum Gasteiger partial charge on any atom is -0.381 e. The third-order valence-electron chi connectivity index (χ3n) is 3.50. The highest BCUT2D eigenvalue weighted by Gasteiger charge is 2.07. The molecular formula is C18H23ClN4O. The minimum absolute atomic E-state index is 0.157. The SMILES string of the molecule is CN(C)CCCNC(=O)c1cc(NCc2ccccc2Cl)ccn1. The number of hydrogen-bond donors (Lipinski definition) is 2. The number of amides is 1. The number of nitrogens with zero attached hydrogens (tertiary/aromatic N) is 2. The van der Waals surface area contributed by atoms with Crippen LogP contribution in [-0.4, -0.2) is 43.0 Å². The van der Waals surface area contributed by atoms with Gasteiger partial charge in [-0.3, -0.25) is 9.78 Å². The predicted octanol–water partition coefficient (Wildman–Crippen LogP) is 3.03. The van der Waals surface area contributed by atoms with Gasteiger partial charge in [0.05, 0.1) is 0 Å². The zero-order chi connectivity index (χ0) is 17.4. The lowest BCUT2D eigenvalue weighted by molar-refractivity contribution is 0.0947. The lowest BCUT2D eigenvalue weighted by Gasteiger charge is -2.11. The summed E-state index contributed by atoms with van der Waals surface area (Å²) >= 11 is 6.15. The average molecular weight is 347 g/mol. The summed E-state index contributed by atoms with van der Waals surface area (Å²) in [6, 6.07) is 11.3. The molecule has 0 saturated heterocycles. The Morgan fingerprint density at radius 1 is 1.25 bits per heavy atom. The van der Waals surface area contributed by atoms with Gasteiger partial charge in [0.2, 0.25) is 0 Å². The molecule has 5 nitrogen and oxygen atoms in total. The van der Waals surface area contributed by atoms with Crippen molar-refractivity contribution in [2.24, 2.45) is 0 Å². The zero-order valence-corrected chi connectivity index (χ0v) is 14.8. The molecule has 1 aromatic heterocycles. The fourth-order valence-electron chi connectivity index (χ4n) is 2.19. The average Bonchev–Trinajstić information content (AvgIpc) is 2.58. The van der Waals surface area contributed by atoms with E-state index < -0.39 is 0 Å². The van der Waals surface area contributed by atoms with E-state index in [0.29, 0.717) is 18.8 Å². The third-order valence-corrected chi connectivity index (χ3v) is 3.87. The largest absolute Gasteiger partial charge is 0.381 e. The Kier molecular flexibility index (Phi) is 7.03. The fraction of sp³-hybridized carbons (Fsp3) is 0.333. The maximum Gasteiger partial charge on any atom is 0.269 e. The van der Waals surface area contributed by atoms with Crippen LogP contribution >= 0.6 is 11.6 Å². The molecule has 0 aliphatic heterocycles. The van der Waals surface area contributed by atoms with Crippen LogP contribution in [0.25, 0.3) is 0 Å². The van der Waals surface area contributed by atoms with E-state index in [2.05, 4.69) is 20.5 Å². The number of pyridine rings is 1. The first-order chi connectivity index (χ1) is 11.6. The standard InChI is InChI=1S/C18H23ClN4O/c1-23(2)11-5-9-21-18(24)17-12-15(8-10-20-17)22-13-14-6-3-4-7-16(14)19/h3-4,6-8,10,12H,5,9,11,13H2,1-2H3,(H,20,22)(H,21,24). The number of rotatable bonds is 8. The van der Waals surface area contributed by atoms with Crippen molar-refractivity contribution >= 4 is 23.2 Å². The Morgan fingerprint density at radius 2 is 2.04 bits per heavy atom. The van der Waals surface area contributed by atoms with Crippen LogP contribution in [0.4, 0.5) is 5.69 Å². The molecule has 0 aliphatic rings. The summed E-state index contributed by atoms with van der Waals surface area (Å²) < 4.78 is 0. The number of halogens is 1. The van der Waals surface area contributed by atoms with Crippen molar-refractivity contribution in [3.05, 3.63) is 58.9 Å².